The summed E-state index contributed by atoms with van der Waals surface area (Å²) in [6.45, 7) is 5.52. The second-order valence-electron chi connectivity index (χ2n) is 3.95. The molecule has 0 amide bonds. The molecule has 0 N–H and O–H groups in total. The second-order valence-corrected chi connectivity index (χ2v) is 3.95. The van der Waals surface area contributed by atoms with E-state index in [1.807, 2.05) is 18.9 Å². The van der Waals surface area contributed by atoms with E-state index < -0.39 is 5.97 Å². The molecule has 1 rings (SSSR count). The average Bonchev–Trinajstić information content (AvgIpc) is 2.53. The van der Waals surface area contributed by atoms with Crippen LogP contribution in [-0.2, 0) is 9.53 Å². The zero-order valence-electron chi connectivity index (χ0n) is 12.7. The summed E-state index contributed by atoms with van der Waals surface area (Å²) in [4.78, 5) is 11.1. The lowest BCUT2D eigenvalue weighted by Gasteiger charge is -2.11. The van der Waals surface area contributed by atoms with Gasteiger partial charge in [-0.15, -0.1) is 5.11 Å². The van der Waals surface area contributed by atoms with E-state index in [-0.39, 0.29) is 0 Å². The van der Waals surface area contributed by atoms with Gasteiger partial charge in [-0.05, 0) is 32.0 Å². The molecular formula is C15H19N3O3. The van der Waals surface area contributed by atoms with Gasteiger partial charge in [-0.25, -0.2) is 4.79 Å². The van der Waals surface area contributed by atoms with E-state index >= 15 is 0 Å². The van der Waals surface area contributed by atoms with Crippen molar-refractivity contribution < 1.29 is 14.3 Å². The number of ether oxygens (including phenoxy) is 2. The van der Waals surface area contributed by atoms with Gasteiger partial charge in [0.25, 0.3) is 0 Å². The molecule has 0 aliphatic heterocycles. The third kappa shape index (κ3) is 5.15. The first-order valence-electron chi connectivity index (χ1n) is 6.59. The van der Waals surface area contributed by atoms with Crippen LogP contribution in [0.5, 0.6) is 5.75 Å². The van der Waals surface area contributed by atoms with Gasteiger partial charge in [-0.2, -0.15) is 0 Å². The van der Waals surface area contributed by atoms with Crippen molar-refractivity contribution in [2.75, 3.05) is 27.3 Å². The summed E-state index contributed by atoms with van der Waals surface area (Å²) in [6.07, 6.45) is 0. The molecule has 0 spiro atoms. The topological polar surface area (TPSA) is 63.5 Å². The van der Waals surface area contributed by atoms with Gasteiger partial charge in [0, 0.05) is 19.0 Å². The molecular weight excluding hydrogens is 270 g/mol. The van der Waals surface area contributed by atoms with Crippen molar-refractivity contribution in [3.8, 4) is 17.6 Å². The van der Waals surface area contributed by atoms with Crippen LogP contribution >= 0.6 is 0 Å². The van der Waals surface area contributed by atoms with Crippen LogP contribution in [0.2, 0.25) is 0 Å². The van der Waals surface area contributed by atoms with Gasteiger partial charge in [-0.3, -0.25) is 5.01 Å². The Kier molecular flexibility index (Phi) is 6.75. The first-order chi connectivity index (χ1) is 10.1. The van der Waals surface area contributed by atoms with Crippen molar-refractivity contribution in [2.45, 2.75) is 13.8 Å². The molecule has 1 aromatic carbocycles. The van der Waals surface area contributed by atoms with Crippen molar-refractivity contribution in [1.29, 1.82) is 0 Å². The minimum absolute atomic E-state index is 0.552. The lowest BCUT2D eigenvalue weighted by Crippen LogP contribution is -2.14. The number of esters is 1. The average molecular weight is 289 g/mol. The molecule has 0 bridgehead atoms. The number of rotatable bonds is 5. The summed E-state index contributed by atoms with van der Waals surface area (Å²) in [5.41, 5.74) is 1.12. The predicted molar refractivity (Wildman–Crippen MR) is 79.3 cm³/mol. The molecule has 0 saturated heterocycles. The van der Waals surface area contributed by atoms with E-state index in [9.17, 15) is 4.79 Å². The molecule has 0 aliphatic carbocycles. The summed E-state index contributed by atoms with van der Waals surface area (Å²) in [5, 5.41) is 10.1. The quantitative estimate of drug-likeness (QED) is 0.362. The molecule has 6 nitrogen and oxygen atoms in total. The third-order valence-corrected chi connectivity index (χ3v) is 2.70. The summed E-state index contributed by atoms with van der Waals surface area (Å²) >= 11 is 0. The second kappa shape index (κ2) is 8.59. The molecule has 0 heterocycles. The Hall–Kier alpha value is -2.55. The molecule has 0 fully saturated rings. The van der Waals surface area contributed by atoms with Crippen molar-refractivity contribution >= 4 is 11.7 Å². The lowest BCUT2D eigenvalue weighted by molar-refractivity contribution is -0.133. The van der Waals surface area contributed by atoms with Crippen molar-refractivity contribution in [2.24, 2.45) is 10.3 Å². The maximum Gasteiger partial charge on any atom is 0.384 e. The smallest absolute Gasteiger partial charge is 0.384 e. The van der Waals surface area contributed by atoms with Gasteiger partial charge >= 0.3 is 5.97 Å². The Morgan fingerprint density at radius 3 is 2.57 bits per heavy atom. The number of carbonyl (C=O) groups is 1. The van der Waals surface area contributed by atoms with E-state index in [4.69, 9.17) is 4.74 Å². The van der Waals surface area contributed by atoms with Crippen LogP contribution in [0.25, 0.3) is 0 Å². The van der Waals surface area contributed by atoms with E-state index in [0.29, 0.717) is 17.0 Å². The van der Waals surface area contributed by atoms with Crippen molar-refractivity contribution in [3.63, 3.8) is 0 Å². The third-order valence-electron chi connectivity index (χ3n) is 2.70. The van der Waals surface area contributed by atoms with Crippen LogP contribution in [0, 0.1) is 11.8 Å². The van der Waals surface area contributed by atoms with E-state index in [1.165, 1.54) is 7.11 Å². The van der Waals surface area contributed by atoms with Crippen LogP contribution in [0.15, 0.2) is 28.5 Å². The highest BCUT2D eigenvalue weighted by Gasteiger charge is 2.03. The number of hydrogen-bond donors (Lipinski definition) is 0. The van der Waals surface area contributed by atoms with Gasteiger partial charge < -0.3 is 9.47 Å². The zero-order chi connectivity index (χ0) is 15.7. The summed E-state index contributed by atoms with van der Waals surface area (Å²) in [5.74, 6) is 5.12. The van der Waals surface area contributed by atoms with Crippen LogP contribution in [0.3, 0.4) is 0 Å². The van der Waals surface area contributed by atoms with Crippen LogP contribution in [0.1, 0.15) is 19.4 Å². The number of methoxy groups -OCH3 is 2. The fraction of sp³-hybridized carbons (Fsp3) is 0.400. The van der Waals surface area contributed by atoms with Gasteiger partial charge in [-0.1, -0.05) is 11.1 Å². The number of carbonyl (C=O) groups excluding carboxylic acids is 1. The van der Waals surface area contributed by atoms with Crippen LogP contribution in [-0.4, -0.2) is 38.3 Å². The first-order valence-corrected chi connectivity index (χ1v) is 6.59. The maximum atomic E-state index is 11.1. The number of nitrogens with zero attached hydrogens (tertiary/aromatic N) is 3. The molecule has 0 atom stereocenters. The molecule has 0 aromatic heterocycles. The number of benzene rings is 1. The van der Waals surface area contributed by atoms with Crippen molar-refractivity contribution in [3.05, 3.63) is 23.8 Å². The Morgan fingerprint density at radius 1 is 1.29 bits per heavy atom. The predicted octanol–water partition coefficient (Wildman–Crippen LogP) is 2.56. The normalized spacial score (nSPS) is 9.90. The fourth-order valence-electron chi connectivity index (χ4n) is 1.46. The molecule has 0 saturated carbocycles. The molecule has 0 radical (unpaired) electrons. The van der Waals surface area contributed by atoms with E-state index in [1.54, 1.807) is 25.3 Å². The van der Waals surface area contributed by atoms with Gasteiger partial charge in [0.1, 0.15) is 11.4 Å². The highest BCUT2D eigenvalue weighted by molar-refractivity contribution is 5.89. The molecule has 6 heteroatoms. The molecule has 0 aliphatic rings. The largest absolute Gasteiger partial charge is 0.497 e. The molecule has 0 unspecified atom stereocenters. The summed E-state index contributed by atoms with van der Waals surface area (Å²) in [6, 6.07) is 5.21. The van der Waals surface area contributed by atoms with E-state index in [0.717, 1.165) is 13.1 Å². The highest BCUT2D eigenvalue weighted by atomic mass is 16.5. The minimum atomic E-state index is -0.607. The summed E-state index contributed by atoms with van der Waals surface area (Å²) < 4.78 is 9.64. The standard InChI is InChI=1S/C15H19N3O3/c1-5-18(6-2)17-16-14-9-8-13(20-3)11-12(14)7-10-15(19)21-4/h8-9,11H,5-6H2,1-4H3. The number of hydrogen-bond acceptors (Lipinski definition) is 5. The first kappa shape index (κ1) is 16.5. The molecule has 112 valence electrons. The Balaban J connectivity index is 3.12. The molecule has 1 aromatic rings. The zero-order valence-corrected chi connectivity index (χ0v) is 12.7. The van der Waals surface area contributed by atoms with Crippen LogP contribution in [0.4, 0.5) is 5.69 Å². The Morgan fingerprint density at radius 2 is 2.00 bits per heavy atom. The van der Waals surface area contributed by atoms with Gasteiger partial charge in [0.05, 0.1) is 19.8 Å². The SMILES string of the molecule is CCN(CC)N=Nc1ccc(OC)cc1C#CC(=O)OC. The monoisotopic (exact) mass is 289 g/mol. The van der Waals surface area contributed by atoms with Gasteiger partial charge in [0.2, 0.25) is 0 Å². The van der Waals surface area contributed by atoms with Crippen LogP contribution < -0.4 is 4.74 Å². The Labute approximate surface area is 124 Å². The van der Waals surface area contributed by atoms with Gasteiger partial charge in [0.15, 0.2) is 0 Å². The summed E-state index contributed by atoms with van der Waals surface area (Å²) in [7, 11) is 2.84. The highest BCUT2D eigenvalue weighted by Crippen LogP contribution is 2.24. The fourth-order valence-corrected chi connectivity index (χ4v) is 1.46. The Bertz CT molecular complexity index is 569. The maximum absolute atomic E-state index is 11.1. The molecule has 21 heavy (non-hydrogen) atoms. The van der Waals surface area contributed by atoms with E-state index in [2.05, 4.69) is 26.9 Å². The van der Waals surface area contributed by atoms with Crippen molar-refractivity contribution in [1.82, 2.24) is 5.01 Å². The minimum Gasteiger partial charge on any atom is -0.497 e. The lowest BCUT2D eigenvalue weighted by atomic mass is 10.2.